The van der Waals surface area contributed by atoms with Gasteiger partial charge >= 0.3 is 17.9 Å². The molecule has 1 aliphatic carbocycles. The molecule has 0 aromatic carbocycles. The van der Waals surface area contributed by atoms with Gasteiger partial charge in [-0.3, -0.25) is 0 Å². The molecule has 0 radical (unpaired) electrons. The minimum atomic E-state index is -1.08. The highest BCUT2D eigenvalue weighted by molar-refractivity contribution is 5.99. The number of carboxylic acid groups (broad SMARTS) is 1. The molecule has 6 heteroatoms. The van der Waals surface area contributed by atoms with Crippen molar-refractivity contribution in [3.05, 3.63) is 23.3 Å². The SMILES string of the molecule is C=C(C)C(=O)OCCOC(=O)C1=C(C(=O)O)CC(C)CC1. The highest BCUT2D eigenvalue weighted by atomic mass is 16.6. The summed E-state index contributed by atoms with van der Waals surface area (Å²) in [5, 5.41) is 9.14. The van der Waals surface area contributed by atoms with Gasteiger partial charge in [-0.2, -0.15) is 0 Å². The van der Waals surface area contributed by atoms with Crippen molar-refractivity contribution in [2.75, 3.05) is 13.2 Å². The topological polar surface area (TPSA) is 89.9 Å². The van der Waals surface area contributed by atoms with Crippen molar-refractivity contribution in [2.45, 2.75) is 33.1 Å². The van der Waals surface area contributed by atoms with E-state index < -0.39 is 17.9 Å². The zero-order valence-corrected chi connectivity index (χ0v) is 12.3. The number of hydrogen-bond donors (Lipinski definition) is 1. The maximum absolute atomic E-state index is 11.9. The van der Waals surface area contributed by atoms with Gasteiger partial charge in [-0.25, -0.2) is 14.4 Å². The second-order valence-corrected chi connectivity index (χ2v) is 5.16. The number of hydrogen-bond acceptors (Lipinski definition) is 5. The van der Waals surface area contributed by atoms with Crippen molar-refractivity contribution in [1.29, 1.82) is 0 Å². The number of carbonyl (C=O) groups is 3. The molecule has 1 atom stereocenters. The first-order valence-corrected chi connectivity index (χ1v) is 6.78. The molecular formula is C15H20O6. The fraction of sp³-hybridized carbons (Fsp3) is 0.533. The molecule has 1 aliphatic rings. The summed E-state index contributed by atoms with van der Waals surface area (Å²) in [6.07, 6.45) is 1.52. The predicted molar refractivity (Wildman–Crippen MR) is 74.4 cm³/mol. The molecule has 1 rings (SSSR count). The lowest BCUT2D eigenvalue weighted by Crippen LogP contribution is -2.22. The smallest absolute Gasteiger partial charge is 0.334 e. The van der Waals surface area contributed by atoms with Crippen LogP contribution in [-0.4, -0.2) is 36.2 Å². The van der Waals surface area contributed by atoms with Crippen LogP contribution in [0, 0.1) is 5.92 Å². The fourth-order valence-electron chi connectivity index (χ4n) is 2.04. The maximum atomic E-state index is 11.9. The monoisotopic (exact) mass is 296 g/mol. The van der Waals surface area contributed by atoms with Gasteiger partial charge in [-0.05, 0) is 32.1 Å². The number of ether oxygens (including phenoxy) is 2. The van der Waals surface area contributed by atoms with Gasteiger partial charge in [0.25, 0.3) is 0 Å². The minimum absolute atomic E-state index is 0.0798. The van der Waals surface area contributed by atoms with Gasteiger partial charge in [0, 0.05) is 16.7 Å². The Morgan fingerprint density at radius 3 is 2.43 bits per heavy atom. The molecule has 0 fully saturated rings. The molecule has 0 amide bonds. The number of carbonyl (C=O) groups excluding carboxylic acids is 2. The zero-order valence-electron chi connectivity index (χ0n) is 12.3. The van der Waals surface area contributed by atoms with E-state index in [-0.39, 0.29) is 35.9 Å². The zero-order chi connectivity index (χ0) is 16.0. The predicted octanol–water partition coefficient (Wildman–Crippen LogP) is 1.85. The highest BCUT2D eigenvalue weighted by Gasteiger charge is 2.27. The normalized spacial score (nSPS) is 18.1. The van der Waals surface area contributed by atoms with Gasteiger partial charge in [0.05, 0.1) is 0 Å². The van der Waals surface area contributed by atoms with Gasteiger partial charge in [0.1, 0.15) is 13.2 Å². The number of carboxylic acids is 1. The molecule has 0 aromatic heterocycles. The Bertz CT molecular complexity index is 488. The molecule has 0 aliphatic heterocycles. The Balaban J connectivity index is 2.54. The molecule has 0 saturated heterocycles. The van der Waals surface area contributed by atoms with Crippen LogP contribution in [0.1, 0.15) is 33.1 Å². The highest BCUT2D eigenvalue weighted by Crippen LogP contribution is 2.30. The Hall–Kier alpha value is -2.11. The van der Waals surface area contributed by atoms with Crippen LogP contribution in [-0.2, 0) is 23.9 Å². The molecule has 1 unspecified atom stereocenters. The van der Waals surface area contributed by atoms with Crippen LogP contribution in [0.2, 0.25) is 0 Å². The van der Waals surface area contributed by atoms with E-state index in [4.69, 9.17) is 14.6 Å². The van der Waals surface area contributed by atoms with Gasteiger partial charge in [-0.1, -0.05) is 13.5 Å². The first kappa shape index (κ1) is 16.9. The van der Waals surface area contributed by atoms with Crippen molar-refractivity contribution in [3.8, 4) is 0 Å². The molecular weight excluding hydrogens is 276 g/mol. The average Bonchev–Trinajstić information content (AvgIpc) is 2.42. The van der Waals surface area contributed by atoms with Gasteiger partial charge in [0.2, 0.25) is 0 Å². The average molecular weight is 296 g/mol. The summed E-state index contributed by atoms with van der Waals surface area (Å²) in [6, 6.07) is 0. The van der Waals surface area contributed by atoms with Crippen molar-refractivity contribution in [2.24, 2.45) is 5.92 Å². The third kappa shape index (κ3) is 5.06. The van der Waals surface area contributed by atoms with E-state index in [1.54, 1.807) is 0 Å². The quantitative estimate of drug-likeness (QED) is 0.457. The van der Waals surface area contributed by atoms with E-state index in [0.29, 0.717) is 12.8 Å². The van der Waals surface area contributed by atoms with Gasteiger partial charge < -0.3 is 14.6 Å². The number of rotatable bonds is 6. The van der Waals surface area contributed by atoms with E-state index in [1.165, 1.54) is 6.92 Å². The molecule has 6 nitrogen and oxygen atoms in total. The Kier molecular flexibility index (Phi) is 6.14. The summed E-state index contributed by atoms with van der Waals surface area (Å²) < 4.78 is 9.74. The lowest BCUT2D eigenvalue weighted by molar-refractivity contribution is -0.147. The number of aliphatic carboxylic acids is 1. The molecule has 0 bridgehead atoms. The van der Waals surface area contributed by atoms with Crippen LogP contribution in [0.5, 0.6) is 0 Å². The molecule has 0 saturated carbocycles. The van der Waals surface area contributed by atoms with Crippen LogP contribution >= 0.6 is 0 Å². The summed E-state index contributed by atoms with van der Waals surface area (Å²) in [6.45, 7) is 6.70. The van der Waals surface area contributed by atoms with Gasteiger partial charge in [0.15, 0.2) is 0 Å². The standard InChI is InChI=1S/C15H20O6/c1-9(2)14(18)20-6-7-21-15(19)11-5-4-10(3)8-12(11)13(16)17/h10H,1,4-8H2,2-3H3,(H,16,17). The molecule has 0 heterocycles. The molecule has 21 heavy (non-hydrogen) atoms. The first-order valence-electron chi connectivity index (χ1n) is 6.78. The summed E-state index contributed by atoms with van der Waals surface area (Å²) in [7, 11) is 0. The van der Waals surface area contributed by atoms with E-state index in [0.717, 1.165) is 6.42 Å². The Morgan fingerprint density at radius 2 is 1.86 bits per heavy atom. The second kappa shape index (κ2) is 7.61. The summed E-state index contributed by atoms with van der Waals surface area (Å²) >= 11 is 0. The third-order valence-corrected chi connectivity index (χ3v) is 3.21. The van der Waals surface area contributed by atoms with Crippen LogP contribution in [0.25, 0.3) is 0 Å². The molecule has 0 spiro atoms. The van der Waals surface area contributed by atoms with Crippen molar-refractivity contribution in [1.82, 2.24) is 0 Å². The van der Waals surface area contributed by atoms with Crippen molar-refractivity contribution >= 4 is 17.9 Å². The van der Waals surface area contributed by atoms with Crippen molar-refractivity contribution in [3.63, 3.8) is 0 Å². The van der Waals surface area contributed by atoms with E-state index in [1.807, 2.05) is 6.92 Å². The maximum Gasteiger partial charge on any atom is 0.334 e. The first-order chi connectivity index (χ1) is 9.82. The molecule has 0 aromatic rings. The van der Waals surface area contributed by atoms with Crippen molar-refractivity contribution < 1.29 is 29.0 Å². The minimum Gasteiger partial charge on any atom is -0.478 e. The van der Waals surface area contributed by atoms with Crippen LogP contribution in [0.15, 0.2) is 23.3 Å². The number of esters is 2. The lowest BCUT2D eigenvalue weighted by Gasteiger charge is -2.21. The second-order valence-electron chi connectivity index (χ2n) is 5.16. The Labute approximate surface area is 123 Å². The largest absolute Gasteiger partial charge is 0.478 e. The fourth-order valence-corrected chi connectivity index (χ4v) is 2.04. The van der Waals surface area contributed by atoms with E-state index in [9.17, 15) is 14.4 Å². The van der Waals surface area contributed by atoms with Crippen LogP contribution in [0.3, 0.4) is 0 Å². The summed E-state index contributed by atoms with van der Waals surface area (Å²) in [5.41, 5.74) is 0.600. The third-order valence-electron chi connectivity index (χ3n) is 3.21. The Morgan fingerprint density at radius 1 is 1.24 bits per heavy atom. The molecule has 116 valence electrons. The van der Waals surface area contributed by atoms with E-state index in [2.05, 4.69) is 6.58 Å². The van der Waals surface area contributed by atoms with Gasteiger partial charge in [-0.15, -0.1) is 0 Å². The summed E-state index contributed by atoms with van der Waals surface area (Å²) in [5.74, 6) is -2.04. The van der Waals surface area contributed by atoms with Crippen LogP contribution < -0.4 is 0 Å². The van der Waals surface area contributed by atoms with E-state index >= 15 is 0 Å². The lowest BCUT2D eigenvalue weighted by atomic mass is 9.85. The summed E-state index contributed by atoms with van der Waals surface area (Å²) in [4.78, 5) is 34.2. The van der Waals surface area contributed by atoms with Crippen LogP contribution in [0.4, 0.5) is 0 Å². The molecule has 1 N–H and O–H groups in total.